The molecule has 2 rings (SSSR count). The molecule has 0 radical (unpaired) electrons. The van der Waals surface area contributed by atoms with Crippen LogP contribution in [0.25, 0.3) is 10.9 Å². The third kappa shape index (κ3) is 1.59. The molecule has 0 bridgehead atoms. The molecule has 0 fully saturated rings. The number of benzene rings is 1. The molecule has 0 spiro atoms. The molecule has 1 aromatic heterocycles. The minimum absolute atomic E-state index is 0.240. The first kappa shape index (κ1) is 11.9. The summed E-state index contributed by atoms with van der Waals surface area (Å²) in [6.07, 6.45) is 0. The summed E-state index contributed by atoms with van der Waals surface area (Å²) in [4.78, 5) is 0. The molecular weight excluding hydrogens is 224 g/mol. The van der Waals surface area contributed by atoms with Gasteiger partial charge in [0, 0.05) is 24.2 Å². The average molecular weight is 239 g/mol. The van der Waals surface area contributed by atoms with Gasteiger partial charge in [0.25, 0.3) is 0 Å². The molecule has 0 saturated heterocycles. The summed E-state index contributed by atoms with van der Waals surface area (Å²) in [5.41, 5.74) is 2.30. The normalized spacial score (nSPS) is 11.2. The summed E-state index contributed by atoms with van der Waals surface area (Å²) in [6.45, 7) is 5.65. The lowest BCUT2D eigenvalue weighted by Gasteiger charge is -2.07. The summed E-state index contributed by atoms with van der Waals surface area (Å²) in [7, 11) is 1.80. The number of hydrogen-bond acceptors (Lipinski definition) is 1. The Kier molecular flexibility index (Phi) is 2.81. The predicted molar refractivity (Wildman–Crippen MR) is 63.5 cm³/mol. The van der Waals surface area contributed by atoms with E-state index >= 15 is 0 Å². The molecular formula is C13H15F2NO. The summed E-state index contributed by atoms with van der Waals surface area (Å²) in [6, 6.07) is 1.32. The number of nitrogens with zero attached hydrogens (tertiary/aromatic N) is 1. The van der Waals surface area contributed by atoms with E-state index in [0.29, 0.717) is 10.9 Å². The van der Waals surface area contributed by atoms with Crippen LogP contribution in [-0.4, -0.2) is 11.2 Å². The van der Waals surface area contributed by atoms with E-state index in [0.717, 1.165) is 11.3 Å². The highest BCUT2D eigenvalue weighted by molar-refractivity contribution is 5.87. The zero-order valence-electron chi connectivity index (χ0n) is 10.4. The molecule has 17 heavy (non-hydrogen) atoms. The summed E-state index contributed by atoms with van der Waals surface area (Å²) >= 11 is 0. The molecule has 0 aliphatic carbocycles. The molecule has 2 nitrogen and oxygen atoms in total. The lowest BCUT2D eigenvalue weighted by Crippen LogP contribution is -1.99. The molecule has 92 valence electrons. The van der Waals surface area contributed by atoms with Crippen molar-refractivity contribution in [2.24, 2.45) is 7.05 Å². The first-order valence-corrected chi connectivity index (χ1v) is 5.55. The molecule has 0 atom stereocenters. The van der Waals surface area contributed by atoms with Crippen molar-refractivity contribution in [3.05, 3.63) is 29.0 Å². The van der Waals surface area contributed by atoms with Gasteiger partial charge in [-0.1, -0.05) is 0 Å². The van der Waals surface area contributed by atoms with Crippen molar-refractivity contribution in [3.8, 4) is 5.75 Å². The topological polar surface area (TPSA) is 14.2 Å². The Morgan fingerprint density at radius 2 is 1.94 bits per heavy atom. The van der Waals surface area contributed by atoms with Crippen LogP contribution in [0.3, 0.4) is 0 Å². The van der Waals surface area contributed by atoms with Crippen LogP contribution in [0, 0.1) is 25.5 Å². The quantitative estimate of drug-likeness (QED) is 0.782. The zero-order valence-corrected chi connectivity index (χ0v) is 10.4. The molecule has 2 aromatic rings. The number of halogens is 2. The molecule has 0 unspecified atom stereocenters. The van der Waals surface area contributed by atoms with Gasteiger partial charge in [0.05, 0.1) is 12.1 Å². The maximum absolute atomic E-state index is 14.2. The zero-order chi connectivity index (χ0) is 12.7. The van der Waals surface area contributed by atoms with Gasteiger partial charge in [-0.15, -0.1) is 0 Å². The van der Waals surface area contributed by atoms with Crippen molar-refractivity contribution in [1.29, 1.82) is 0 Å². The SMILES string of the molecule is CCOc1c(F)cc2c(c(C)c(C)n2C)c1F. The van der Waals surface area contributed by atoms with E-state index in [9.17, 15) is 8.78 Å². The Labute approximate surface area is 98.8 Å². The van der Waals surface area contributed by atoms with E-state index in [4.69, 9.17) is 4.74 Å². The van der Waals surface area contributed by atoms with Crippen molar-refractivity contribution < 1.29 is 13.5 Å². The van der Waals surface area contributed by atoms with Gasteiger partial charge in [-0.3, -0.25) is 0 Å². The predicted octanol–water partition coefficient (Wildman–Crippen LogP) is 3.47. The number of aryl methyl sites for hydroxylation is 2. The minimum atomic E-state index is -0.655. The second-order valence-electron chi connectivity index (χ2n) is 4.10. The van der Waals surface area contributed by atoms with Crippen LogP contribution in [0.5, 0.6) is 5.75 Å². The van der Waals surface area contributed by atoms with E-state index < -0.39 is 11.6 Å². The van der Waals surface area contributed by atoms with E-state index in [1.807, 2.05) is 13.8 Å². The van der Waals surface area contributed by atoms with Gasteiger partial charge in [0.2, 0.25) is 0 Å². The average Bonchev–Trinajstić information content (AvgIpc) is 2.50. The van der Waals surface area contributed by atoms with Crippen molar-refractivity contribution in [3.63, 3.8) is 0 Å². The molecule has 0 aliphatic rings. The van der Waals surface area contributed by atoms with Gasteiger partial charge in [-0.05, 0) is 26.3 Å². The van der Waals surface area contributed by atoms with Crippen LogP contribution < -0.4 is 4.74 Å². The maximum Gasteiger partial charge on any atom is 0.191 e. The summed E-state index contributed by atoms with van der Waals surface area (Å²) in [5.74, 6) is -1.55. The fraction of sp³-hybridized carbons (Fsp3) is 0.385. The van der Waals surface area contributed by atoms with E-state index in [1.54, 1.807) is 18.5 Å². The Morgan fingerprint density at radius 3 is 2.53 bits per heavy atom. The first-order valence-electron chi connectivity index (χ1n) is 5.55. The highest BCUT2D eigenvalue weighted by atomic mass is 19.1. The third-order valence-electron chi connectivity index (χ3n) is 3.23. The van der Waals surface area contributed by atoms with Gasteiger partial charge in [-0.25, -0.2) is 8.78 Å². The van der Waals surface area contributed by atoms with Crippen LogP contribution in [0.15, 0.2) is 6.07 Å². The second-order valence-corrected chi connectivity index (χ2v) is 4.10. The number of aromatic nitrogens is 1. The molecule has 0 saturated carbocycles. The Balaban J connectivity index is 2.87. The van der Waals surface area contributed by atoms with E-state index in [1.165, 1.54) is 6.07 Å². The van der Waals surface area contributed by atoms with Crippen LogP contribution in [-0.2, 0) is 7.05 Å². The van der Waals surface area contributed by atoms with Crippen LogP contribution in [0.1, 0.15) is 18.2 Å². The lowest BCUT2D eigenvalue weighted by molar-refractivity contribution is 0.304. The van der Waals surface area contributed by atoms with Crippen molar-refractivity contribution >= 4 is 10.9 Å². The van der Waals surface area contributed by atoms with Crippen LogP contribution in [0.2, 0.25) is 0 Å². The van der Waals surface area contributed by atoms with E-state index in [2.05, 4.69) is 0 Å². The largest absolute Gasteiger partial charge is 0.488 e. The Hall–Kier alpha value is -1.58. The first-order chi connectivity index (χ1) is 7.99. The summed E-state index contributed by atoms with van der Waals surface area (Å²) < 4.78 is 34.7. The van der Waals surface area contributed by atoms with Crippen LogP contribution in [0.4, 0.5) is 8.78 Å². The number of ether oxygens (including phenoxy) is 1. The number of fused-ring (bicyclic) bond motifs is 1. The second kappa shape index (κ2) is 4.02. The molecule has 1 aromatic carbocycles. The van der Waals surface area contributed by atoms with Gasteiger partial charge >= 0.3 is 0 Å². The highest BCUT2D eigenvalue weighted by Crippen LogP contribution is 2.34. The van der Waals surface area contributed by atoms with Gasteiger partial charge in [0.15, 0.2) is 17.4 Å². The standard InChI is InChI=1S/C13H15F2NO/c1-5-17-13-9(14)6-10-11(12(13)15)7(2)8(3)16(10)4/h6H,5H2,1-4H3. The smallest absolute Gasteiger partial charge is 0.191 e. The lowest BCUT2D eigenvalue weighted by atomic mass is 10.1. The molecule has 0 N–H and O–H groups in total. The van der Waals surface area contributed by atoms with E-state index in [-0.39, 0.29) is 12.4 Å². The fourth-order valence-corrected chi connectivity index (χ4v) is 2.10. The van der Waals surface area contributed by atoms with Gasteiger partial charge in [0.1, 0.15) is 0 Å². The molecule has 1 heterocycles. The molecule has 0 aliphatic heterocycles. The minimum Gasteiger partial charge on any atom is -0.488 e. The molecule has 0 amide bonds. The number of hydrogen-bond donors (Lipinski definition) is 0. The third-order valence-corrected chi connectivity index (χ3v) is 3.23. The highest BCUT2D eigenvalue weighted by Gasteiger charge is 2.20. The Morgan fingerprint density at radius 1 is 1.29 bits per heavy atom. The number of rotatable bonds is 2. The maximum atomic E-state index is 14.2. The monoisotopic (exact) mass is 239 g/mol. The van der Waals surface area contributed by atoms with Crippen molar-refractivity contribution in [2.45, 2.75) is 20.8 Å². The van der Waals surface area contributed by atoms with Gasteiger partial charge in [-0.2, -0.15) is 0 Å². The fourth-order valence-electron chi connectivity index (χ4n) is 2.10. The van der Waals surface area contributed by atoms with Gasteiger partial charge < -0.3 is 9.30 Å². The summed E-state index contributed by atoms with van der Waals surface area (Å²) in [5, 5.41) is 0.440. The molecule has 4 heteroatoms. The van der Waals surface area contributed by atoms with Crippen LogP contribution >= 0.6 is 0 Å². The van der Waals surface area contributed by atoms with Crippen molar-refractivity contribution in [2.75, 3.05) is 6.61 Å². The Bertz CT molecular complexity index is 587. The van der Waals surface area contributed by atoms with Crippen molar-refractivity contribution in [1.82, 2.24) is 4.57 Å².